The van der Waals surface area contributed by atoms with Crippen LogP contribution in [-0.4, -0.2) is 4.98 Å². The first-order chi connectivity index (χ1) is 12.1. The van der Waals surface area contributed by atoms with Gasteiger partial charge in [-0.25, -0.2) is 4.98 Å². The van der Waals surface area contributed by atoms with Crippen LogP contribution < -0.4 is 0 Å². The molecule has 1 aromatic heterocycles. The first-order valence-electron chi connectivity index (χ1n) is 8.36. The van der Waals surface area contributed by atoms with E-state index in [0.717, 1.165) is 16.8 Å². The quantitative estimate of drug-likeness (QED) is 0.316. The Morgan fingerprint density at radius 3 is 2.16 bits per heavy atom. The van der Waals surface area contributed by atoms with Crippen molar-refractivity contribution >= 4 is 33.5 Å². The van der Waals surface area contributed by atoms with E-state index >= 15 is 0 Å². The Bertz CT molecular complexity index is 1050. The SMILES string of the molecule is Cc1ccc(-c2c(I)c(-c3ccccc3)nc3c(C)cccc23)cc1. The molecule has 0 bridgehead atoms. The summed E-state index contributed by atoms with van der Waals surface area (Å²) in [4.78, 5) is 5.04. The topological polar surface area (TPSA) is 12.9 Å². The number of hydrogen-bond acceptors (Lipinski definition) is 1. The molecule has 1 heterocycles. The van der Waals surface area contributed by atoms with Gasteiger partial charge in [0.05, 0.1) is 11.2 Å². The van der Waals surface area contributed by atoms with Gasteiger partial charge in [0, 0.05) is 20.1 Å². The van der Waals surface area contributed by atoms with Crippen LogP contribution in [0.1, 0.15) is 11.1 Å². The largest absolute Gasteiger partial charge is 0.246 e. The highest BCUT2D eigenvalue weighted by Gasteiger charge is 2.16. The van der Waals surface area contributed by atoms with Crippen molar-refractivity contribution in [1.29, 1.82) is 0 Å². The van der Waals surface area contributed by atoms with Crippen LogP contribution in [0, 0.1) is 17.4 Å². The van der Waals surface area contributed by atoms with Crippen molar-refractivity contribution in [2.45, 2.75) is 13.8 Å². The van der Waals surface area contributed by atoms with Gasteiger partial charge in [0.25, 0.3) is 0 Å². The molecule has 0 fully saturated rings. The number of para-hydroxylation sites is 1. The van der Waals surface area contributed by atoms with E-state index in [1.165, 1.54) is 31.2 Å². The van der Waals surface area contributed by atoms with Gasteiger partial charge in [0.15, 0.2) is 0 Å². The van der Waals surface area contributed by atoms with Crippen molar-refractivity contribution in [3.05, 3.63) is 87.5 Å². The molecule has 0 spiro atoms. The van der Waals surface area contributed by atoms with Crippen molar-refractivity contribution in [1.82, 2.24) is 4.98 Å². The van der Waals surface area contributed by atoms with E-state index in [1.54, 1.807) is 0 Å². The van der Waals surface area contributed by atoms with Crippen molar-refractivity contribution < 1.29 is 0 Å². The minimum absolute atomic E-state index is 1.05. The lowest BCUT2D eigenvalue weighted by Gasteiger charge is -2.15. The minimum atomic E-state index is 1.05. The predicted molar refractivity (Wildman–Crippen MR) is 115 cm³/mol. The summed E-state index contributed by atoms with van der Waals surface area (Å²) in [7, 11) is 0. The van der Waals surface area contributed by atoms with Crippen LogP contribution in [0.3, 0.4) is 0 Å². The lowest BCUT2D eigenvalue weighted by atomic mass is 9.96. The zero-order chi connectivity index (χ0) is 17.4. The fourth-order valence-electron chi connectivity index (χ4n) is 3.20. The maximum absolute atomic E-state index is 5.04. The summed E-state index contributed by atoms with van der Waals surface area (Å²) >= 11 is 2.45. The third-order valence-corrected chi connectivity index (χ3v) is 5.60. The molecule has 0 aliphatic heterocycles. The molecule has 0 radical (unpaired) electrons. The lowest BCUT2D eigenvalue weighted by molar-refractivity contribution is 1.34. The Kier molecular flexibility index (Phi) is 4.30. The Labute approximate surface area is 161 Å². The van der Waals surface area contributed by atoms with Gasteiger partial charge in [0.2, 0.25) is 0 Å². The third kappa shape index (κ3) is 2.95. The van der Waals surface area contributed by atoms with Crippen LogP contribution >= 0.6 is 22.6 Å². The number of nitrogens with zero attached hydrogens (tertiary/aromatic N) is 1. The van der Waals surface area contributed by atoms with Crippen LogP contribution in [0.25, 0.3) is 33.3 Å². The van der Waals surface area contributed by atoms with Gasteiger partial charge in [0.1, 0.15) is 0 Å². The maximum atomic E-state index is 5.04. The Morgan fingerprint density at radius 1 is 0.720 bits per heavy atom. The summed E-state index contributed by atoms with van der Waals surface area (Å²) < 4.78 is 1.20. The lowest BCUT2D eigenvalue weighted by Crippen LogP contribution is -1.96. The summed E-state index contributed by atoms with van der Waals surface area (Å²) in [6, 6.07) is 25.7. The summed E-state index contributed by atoms with van der Waals surface area (Å²) in [5.41, 5.74) is 8.29. The van der Waals surface area contributed by atoms with Crippen LogP contribution in [0.5, 0.6) is 0 Å². The van der Waals surface area contributed by atoms with Gasteiger partial charge >= 0.3 is 0 Å². The second-order valence-corrected chi connectivity index (χ2v) is 7.43. The third-order valence-electron chi connectivity index (χ3n) is 4.55. The highest BCUT2D eigenvalue weighted by molar-refractivity contribution is 14.1. The number of pyridine rings is 1. The number of aryl methyl sites for hydroxylation is 2. The summed E-state index contributed by atoms with van der Waals surface area (Å²) in [5, 5.41) is 1.22. The van der Waals surface area contributed by atoms with Gasteiger partial charge < -0.3 is 0 Å². The zero-order valence-corrected chi connectivity index (χ0v) is 16.4. The highest BCUT2D eigenvalue weighted by atomic mass is 127. The normalized spacial score (nSPS) is 11.0. The van der Waals surface area contributed by atoms with Gasteiger partial charge in [-0.2, -0.15) is 0 Å². The van der Waals surface area contributed by atoms with E-state index in [0.29, 0.717) is 0 Å². The molecule has 0 aliphatic carbocycles. The van der Waals surface area contributed by atoms with Crippen LogP contribution in [0.2, 0.25) is 0 Å². The first kappa shape index (κ1) is 16.3. The number of aromatic nitrogens is 1. The molecule has 0 aliphatic rings. The second-order valence-electron chi connectivity index (χ2n) is 6.35. The average Bonchev–Trinajstić information content (AvgIpc) is 2.63. The monoisotopic (exact) mass is 435 g/mol. The van der Waals surface area contributed by atoms with Crippen LogP contribution in [0.15, 0.2) is 72.8 Å². The fraction of sp³-hybridized carbons (Fsp3) is 0.0870. The molecule has 0 saturated heterocycles. The van der Waals surface area contributed by atoms with E-state index in [1.807, 2.05) is 6.07 Å². The number of hydrogen-bond donors (Lipinski definition) is 0. The number of fused-ring (bicyclic) bond motifs is 1. The van der Waals surface area contributed by atoms with Gasteiger partial charge in [-0.1, -0.05) is 78.4 Å². The molecule has 3 aromatic carbocycles. The van der Waals surface area contributed by atoms with E-state index in [2.05, 4.69) is 103 Å². The van der Waals surface area contributed by atoms with Crippen LogP contribution in [-0.2, 0) is 0 Å². The highest BCUT2D eigenvalue weighted by Crippen LogP contribution is 2.38. The van der Waals surface area contributed by atoms with E-state index in [4.69, 9.17) is 4.98 Å². The Balaban J connectivity index is 2.11. The molecule has 0 unspecified atom stereocenters. The average molecular weight is 435 g/mol. The molecule has 25 heavy (non-hydrogen) atoms. The smallest absolute Gasteiger partial charge is 0.0849 e. The molecule has 2 heteroatoms. The molecule has 0 atom stereocenters. The number of halogens is 1. The summed E-state index contributed by atoms with van der Waals surface area (Å²) in [6.45, 7) is 4.26. The number of rotatable bonds is 2. The minimum Gasteiger partial charge on any atom is -0.246 e. The molecule has 122 valence electrons. The summed E-state index contributed by atoms with van der Waals surface area (Å²) in [5.74, 6) is 0. The first-order valence-corrected chi connectivity index (χ1v) is 9.44. The van der Waals surface area contributed by atoms with E-state index < -0.39 is 0 Å². The van der Waals surface area contributed by atoms with Crippen molar-refractivity contribution in [3.8, 4) is 22.4 Å². The standard InChI is InChI=1S/C23H18IN/c1-15-11-13-17(14-12-15)20-19-10-6-7-16(2)22(19)25-23(21(20)24)18-8-4-3-5-9-18/h3-14H,1-2H3. The molecule has 4 rings (SSSR count). The maximum Gasteiger partial charge on any atom is 0.0849 e. The molecule has 0 amide bonds. The predicted octanol–water partition coefficient (Wildman–Crippen LogP) is 6.79. The molecular formula is C23H18IN. The molecule has 4 aromatic rings. The number of benzene rings is 3. The van der Waals surface area contributed by atoms with E-state index in [-0.39, 0.29) is 0 Å². The van der Waals surface area contributed by atoms with Gasteiger partial charge in [-0.05, 0) is 47.6 Å². The molecular weight excluding hydrogens is 417 g/mol. The van der Waals surface area contributed by atoms with Crippen LogP contribution in [0.4, 0.5) is 0 Å². The molecule has 1 nitrogen and oxygen atoms in total. The fourth-order valence-corrected chi connectivity index (χ4v) is 4.23. The van der Waals surface area contributed by atoms with Gasteiger partial charge in [-0.15, -0.1) is 0 Å². The molecule has 0 saturated carbocycles. The van der Waals surface area contributed by atoms with Gasteiger partial charge in [-0.3, -0.25) is 0 Å². The summed E-state index contributed by atoms with van der Waals surface area (Å²) in [6.07, 6.45) is 0. The van der Waals surface area contributed by atoms with Crippen molar-refractivity contribution in [2.24, 2.45) is 0 Å². The van der Waals surface area contributed by atoms with E-state index in [9.17, 15) is 0 Å². The van der Waals surface area contributed by atoms with Crippen molar-refractivity contribution in [2.75, 3.05) is 0 Å². The molecule has 0 N–H and O–H groups in total. The zero-order valence-electron chi connectivity index (χ0n) is 14.3. The van der Waals surface area contributed by atoms with Crippen molar-refractivity contribution in [3.63, 3.8) is 0 Å². The Hall–Kier alpha value is -2.20. The second kappa shape index (κ2) is 6.60. The Morgan fingerprint density at radius 2 is 1.44 bits per heavy atom.